The van der Waals surface area contributed by atoms with Crippen molar-refractivity contribution in [2.75, 3.05) is 7.11 Å². The molecular weight excluding hydrogens is 266 g/mol. The smallest absolute Gasteiger partial charge is 0.342 e. The first-order valence-electron chi connectivity index (χ1n) is 4.52. The summed E-state index contributed by atoms with van der Waals surface area (Å²) in [4.78, 5) is 13.5. The molecule has 0 heterocycles. The number of rotatable bonds is 4. The van der Waals surface area contributed by atoms with E-state index in [0.717, 1.165) is 19.2 Å². The molecule has 0 fully saturated rings. The van der Waals surface area contributed by atoms with E-state index in [2.05, 4.69) is 9.36 Å². The largest absolute Gasteiger partial charge is 0.383 e. The summed E-state index contributed by atoms with van der Waals surface area (Å²) in [6.45, 7) is 1.46. The van der Waals surface area contributed by atoms with Crippen molar-refractivity contribution in [2.45, 2.75) is 11.8 Å². The van der Waals surface area contributed by atoms with Gasteiger partial charge in [0, 0.05) is 18.7 Å². The molecule has 0 aromatic heterocycles. The molecule has 9 nitrogen and oxygen atoms in total. The monoisotopic (exact) mass is 275 g/mol. The van der Waals surface area contributed by atoms with Gasteiger partial charge in [-0.2, -0.15) is 8.42 Å². The highest BCUT2D eigenvalue weighted by molar-refractivity contribution is 7.89. The average Bonchev–Trinajstić information content (AvgIpc) is 2.28. The van der Waals surface area contributed by atoms with Gasteiger partial charge in [0.2, 0.25) is 0 Å². The standard InChI is InChI=1S/C8H9N3O6S/c1-6-3-4-7(5-8(6)10(12)13)18(15,16)9-11(14)17-2/h3-5H,1-2H3/b11-9-. The van der Waals surface area contributed by atoms with Crippen molar-refractivity contribution < 1.29 is 23.2 Å². The van der Waals surface area contributed by atoms with Gasteiger partial charge in [0.05, 0.1) is 4.92 Å². The first-order valence-corrected chi connectivity index (χ1v) is 5.96. The van der Waals surface area contributed by atoms with Crippen LogP contribution in [0, 0.1) is 22.2 Å². The summed E-state index contributed by atoms with van der Waals surface area (Å²) in [5.41, 5.74) is -0.0780. The second kappa shape index (κ2) is 4.96. The Labute approximate surface area is 102 Å². The summed E-state index contributed by atoms with van der Waals surface area (Å²) in [6.07, 6.45) is 0. The third-order valence-corrected chi connectivity index (χ3v) is 3.20. The molecular formula is C8H9N3O6S. The van der Waals surface area contributed by atoms with E-state index in [1.54, 1.807) is 0 Å². The fourth-order valence-electron chi connectivity index (χ4n) is 1.11. The van der Waals surface area contributed by atoms with Gasteiger partial charge in [-0.15, -0.1) is 0 Å². The highest BCUT2D eigenvalue weighted by atomic mass is 32.2. The molecule has 1 aromatic rings. The van der Waals surface area contributed by atoms with Gasteiger partial charge >= 0.3 is 10.0 Å². The third-order valence-electron chi connectivity index (χ3n) is 2.01. The quantitative estimate of drug-likeness (QED) is 0.460. The molecule has 0 saturated carbocycles. The van der Waals surface area contributed by atoms with Crippen molar-refractivity contribution in [3.8, 4) is 0 Å². The van der Waals surface area contributed by atoms with Crippen LogP contribution >= 0.6 is 0 Å². The van der Waals surface area contributed by atoms with Gasteiger partial charge in [0.25, 0.3) is 5.69 Å². The van der Waals surface area contributed by atoms with Crippen molar-refractivity contribution in [3.05, 3.63) is 39.1 Å². The zero-order valence-electron chi connectivity index (χ0n) is 9.43. The zero-order valence-corrected chi connectivity index (χ0v) is 10.2. The molecule has 0 aliphatic heterocycles. The Balaban J connectivity index is 3.35. The predicted molar refractivity (Wildman–Crippen MR) is 58.1 cm³/mol. The lowest BCUT2D eigenvalue weighted by molar-refractivity contribution is -0.777. The summed E-state index contributed by atoms with van der Waals surface area (Å²) >= 11 is 0. The number of hydrogen-bond donors (Lipinski definition) is 0. The first-order chi connectivity index (χ1) is 8.27. The van der Waals surface area contributed by atoms with Crippen molar-refractivity contribution in [3.63, 3.8) is 0 Å². The fourth-order valence-corrected chi connectivity index (χ4v) is 1.95. The molecule has 98 valence electrons. The lowest BCUT2D eigenvalue weighted by Crippen LogP contribution is -2.05. The Hall–Kier alpha value is -2.23. The third kappa shape index (κ3) is 2.91. The van der Waals surface area contributed by atoms with E-state index in [1.807, 2.05) is 0 Å². The number of sulfonamides is 1. The fraction of sp³-hybridized carbons (Fsp3) is 0.250. The molecule has 10 heteroatoms. The van der Waals surface area contributed by atoms with Gasteiger partial charge in [-0.3, -0.25) is 10.1 Å². The maximum absolute atomic E-state index is 11.6. The minimum Gasteiger partial charge on any atom is -0.383 e. The van der Waals surface area contributed by atoms with Crippen LogP contribution in [0.15, 0.2) is 27.6 Å². The van der Waals surface area contributed by atoms with Gasteiger partial charge < -0.3 is 4.84 Å². The summed E-state index contributed by atoms with van der Waals surface area (Å²) < 4.78 is 25.9. The minimum atomic E-state index is -4.34. The Bertz CT molecular complexity index is 609. The summed E-state index contributed by atoms with van der Waals surface area (Å²) in [5, 5.41) is 20.9. The van der Waals surface area contributed by atoms with Crippen LogP contribution < -0.4 is 0 Å². The molecule has 0 saturated heterocycles. The van der Waals surface area contributed by atoms with Crippen LogP contribution in [0.4, 0.5) is 5.69 Å². The van der Waals surface area contributed by atoms with E-state index >= 15 is 0 Å². The Morgan fingerprint density at radius 2 is 1.94 bits per heavy atom. The second-order valence-electron chi connectivity index (χ2n) is 3.18. The summed E-state index contributed by atoms with van der Waals surface area (Å²) in [6, 6.07) is 3.20. The molecule has 0 aliphatic carbocycles. The van der Waals surface area contributed by atoms with Gasteiger partial charge in [-0.25, -0.2) is 5.21 Å². The van der Waals surface area contributed by atoms with E-state index in [4.69, 9.17) is 0 Å². The van der Waals surface area contributed by atoms with E-state index in [0.29, 0.717) is 5.56 Å². The maximum atomic E-state index is 11.6. The van der Waals surface area contributed by atoms with Crippen LogP contribution in [-0.2, 0) is 14.9 Å². The van der Waals surface area contributed by atoms with E-state index in [-0.39, 0.29) is 5.69 Å². The average molecular weight is 275 g/mol. The van der Waals surface area contributed by atoms with E-state index < -0.39 is 24.9 Å². The van der Waals surface area contributed by atoms with Crippen LogP contribution in [0.2, 0.25) is 0 Å². The van der Waals surface area contributed by atoms with Crippen molar-refractivity contribution in [1.82, 2.24) is 0 Å². The van der Waals surface area contributed by atoms with E-state index in [9.17, 15) is 23.7 Å². The SMILES string of the molecule is CO/[N+]([O-])=N\S(=O)(=O)c1ccc(C)c([N+](=O)[O-])c1. The number of nitro groups is 1. The number of nitro benzene ring substituents is 1. The predicted octanol–water partition coefficient (Wildman–Crippen LogP) is 1.12. The van der Waals surface area contributed by atoms with Crippen molar-refractivity contribution in [1.29, 1.82) is 0 Å². The molecule has 0 aliphatic rings. The first kappa shape index (κ1) is 13.8. The highest BCUT2D eigenvalue weighted by Crippen LogP contribution is 2.23. The highest BCUT2D eigenvalue weighted by Gasteiger charge is 2.23. The zero-order chi connectivity index (χ0) is 13.9. The molecule has 1 aromatic carbocycles. The molecule has 18 heavy (non-hydrogen) atoms. The van der Waals surface area contributed by atoms with Gasteiger partial charge in [0.1, 0.15) is 4.90 Å². The topological polar surface area (TPSA) is 125 Å². The van der Waals surface area contributed by atoms with Crippen molar-refractivity contribution in [2.24, 2.45) is 4.52 Å². The number of aryl methyl sites for hydroxylation is 1. The Morgan fingerprint density at radius 1 is 1.33 bits per heavy atom. The van der Waals surface area contributed by atoms with Crippen LogP contribution in [-0.4, -0.2) is 25.5 Å². The molecule has 0 N–H and O–H groups in total. The lowest BCUT2D eigenvalue weighted by atomic mass is 10.2. The number of hydrogen-bond acceptors (Lipinski definition) is 6. The van der Waals surface area contributed by atoms with Crippen LogP contribution in [0.1, 0.15) is 5.56 Å². The van der Waals surface area contributed by atoms with Gasteiger partial charge in [0.15, 0.2) is 9.54 Å². The second-order valence-corrected chi connectivity index (χ2v) is 4.77. The Kier molecular flexibility index (Phi) is 3.81. The molecule has 1 rings (SSSR count). The molecule has 0 amide bonds. The molecule has 0 spiro atoms. The Morgan fingerprint density at radius 3 is 2.44 bits per heavy atom. The minimum absolute atomic E-state index is 0.296. The molecule has 0 bridgehead atoms. The molecule has 0 radical (unpaired) electrons. The summed E-state index contributed by atoms with van der Waals surface area (Å²) in [7, 11) is -3.40. The van der Waals surface area contributed by atoms with E-state index in [1.165, 1.54) is 13.0 Å². The molecule has 0 unspecified atom stereocenters. The number of benzene rings is 1. The van der Waals surface area contributed by atoms with Crippen molar-refractivity contribution >= 4 is 15.7 Å². The normalized spacial score (nSPS) is 12.2. The van der Waals surface area contributed by atoms with Gasteiger partial charge in [-0.05, 0) is 13.0 Å². The lowest BCUT2D eigenvalue weighted by Gasteiger charge is -1.99. The van der Waals surface area contributed by atoms with Gasteiger partial charge in [-0.1, -0.05) is 6.07 Å². The summed E-state index contributed by atoms with van der Waals surface area (Å²) in [5.74, 6) is 0. The van der Waals surface area contributed by atoms with Crippen LogP contribution in [0.5, 0.6) is 0 Å². The maximum Gasteiger partial charge on any atom is 0.342 e. The van der Waals surface area contributed by atoms with Crippen LogP contribution in [0.3, 0.4) is 0 Å². The number of nitrogens with zero attached hydrogens (tertiary/aromatic N) is 3. The van der Waals surface area contributed by atoms with Crippen LogP contribution in [0.25, 0.3) is 0 Å². The molecule has 0 atom stereocenters.